The summed E-state index contributed by atoms with van der Waals surface area (Å²) in [5.74, 6) is 1.27. The third-order valence-electron chi connectivity index (χ3n) is 3.21. The minimum atomic E-state index is -3.72. The molecule has 8 heteroatoms. The molecular weight excluding hydrogens is 314 g/mol. The van der Waals surface area contributed by atoms with Crippen molar-refractivity contribution in [2.24, 2.45) is 0 Å². The molecule has 1 N–H and O–H groups in total. The van der Waals surface area contributed by atoms with Crippen molar-refractivity contribution < 1.29 is 12.8 Å². The average molecular weight is 328 g/mol. The van der Waals surface area contributed by atoms with Crippen LogP contribution in [-0.2, 0) is 16.4 Å². The van der Waals surface area contributed by atoms with Crippen molar-refractivity contribution in [2.45, 2.75) is 30.1 Å². The Labute approximate surface area is 127 Å². The van der Waals surface area contributed by atoms with Gasteiger partial charge in [0.25, 0.3) is 10.0 Å². The Balaban J connectivity index is 1.75. The molecule has 2 aromatic rings. The van der Waals surface area contributed by atoms with Crippen LogP contribution in [0.5, 0.6) is 0 Å². The number of hydrogen-bond donors (Lipinski definition) is 1. The molecule has 1 aliphatic rings. The molecule has 21 heavy (non-hydrogen) atoms. The number of halogens is 1. The quantitative estimate of drug-likeness (QED) is 0.824. The smallest absolute Gasteiger partial charge is 0.329 e. The first-order chi connectivity index (χ1) is 10.1. The maximum Gasteiger partial charge on any atom is 0.329 e. The van der Waals surface area contributed by atoms with Gasteiger partial charge >= 0.3 is 6.01 Å². The number of sulfonamides is 1. The second-order valence-corrected chi connectivity index (χ2v) is 6.97. The van der Waals surface area contributed by atoms with Gasteiger partial charge in [0.1, 0.15) is 0 Å². The van der Waals surface area contributed by atoms with Gasteiger partial charge in [-0.3, -0.25) is 0 Å². The molecule has 1 aliphatic carbocycles. The van der Waals surface area contributed by atoms with E-state index < -0.39 is 10.0 Å². The number of nitrogens with zero attached hydrogens (tertiary/aromatic N) is 2. The Morgan fingerprint density at radius 1 is 1.24 bits per heavy atom. The van der Waals surface area contributed by atoms with E-state index in [1.807, 2.05) is 0 Å². The van der Waals surface area contributed by atoms with Crippen molar-refractivity contribution in [3.05, 3.63) is 35.7 Å². The van der Waals surface area contributed by atoms with Crippen molar-refractivity contribution >= 4 is 27.6 Å². The summed E-state index contributed by atoms with van der Waals surface area (Å²) in [6.45, 7) is 0. The number of benzene rings is 1. The molecule has 1 heterocycles. The highest BCUT2D eigenvalue weighted by Crippen LogP contribution is 2.39. The molecule has 1 saturated carbocycles. The summed E-state index contributed by atoms with van der Waals surface area (Å²) in [6, 6.07) is 6.44. The van der Waals surface area contributed by atoms with Gasteiger partial charge in [-0.15, -0.1) is 16.7 Å². The van der Waals surface area contributed by atoms with Crippen LogP contribution in [-0.4, -0.2) is 24.5 Å². The highest BCUT2D eigenvalue weighted by molar-refractivity contribution is 7.92. The lowest BCUT2D eigenvalue weighted by Gasteiger charge is -2.05. The maximum absolute atomic E-state index is 12.2. The van der Waals surface area contributed by atoms with Crippen LogP contribution in [0.2, 0.25) is 0 Å². The SMILES string of the molecule is O=S(=O)(Nc1nnc(C2CC2)o1)c1ccc(CCCl)cc1. The molecule has 1 fully saturated rings. The molecule has 0 unspecified atom stereocenters. The second-order valence-electron chi connectivity index (χ2n) is 4.91. The molecule has 0 aliphatic heterocycles. The normalized spacial score (nSPS) is 15.1. The zero-order chi connectivity index (χ0) is 14.9. The standard InChI is InChI=1S/C13H14ClN3O3S/c14-8-7-9-1-5-11(6-2-9)21(18,19)17-13-16-15-12(20-13)10-3-4-10/h1-2,5-6,10H,3-4,7-8H2,(H,16,17). The number of aromatic nitrogens is 2. The fraction of sp³-hybridized carbons (Fsp3) is 0.385. The van der Waals surface area contributed by atoms with E-state index in [-0.39, 0.29) is 16.8 Å². The summed E-state index contributed by atoms with van der Waals surface area (Å²) < 4.78 is 32.0. The maximum atomic E-state index is 12.2. The summed E-state index contributed by atoms with van der Waals surface area (Å²) in [7, 11) is -3.72. The van der Waals surface area contributed by atoms with Gasteiger partial charge in [-0.05, 0) is 37.0 Å². The fourth-order valence-electron chi connectivity index (χ4n) is 1.89. The summed E-state index contributed by atoms with van der Waals surface area (Å²) in [6.07, 6.45) is 2.72. The molecule has 0 bridgehead atoms. The summed E-state index contributed by atoms with van der Waals surface area (Å²) in [4.78, 5) is 0.145. The van der Waals surface area contributed by atoms with E-state index in [4.69, 9.17) is 16.0 Å². The molecule has 1 aromatic heterocycles. The van der Waals surface area contributed by atoms with Gasteiger partial charge < -0.3 is 4.42 Å². The molecule has 0 spiro atoms. The Kier molecular flexibility index (Phi) is 3.86. The number of nitrogens with one attached hydrogen (secondary N) is 1. The topological polar surface area (TPSA) is 85.1 Å². The fourth-order valence-corrected chi connectivity index (χ4v) is 3.03. The van der Waals surface area contributed by atoms with E-state index in [0.717, 1.165) is 18.4 Å². The molecule has 1 aromatic carbocycles. The van der Waals surface area contributed by atoms with Gasteiger partial charge in [-0.2, -0.15) is 0 Å². The lowest BCUT2D eigenvalue weighted by atomic mass is 10.2. The highest BCUT2D eigenvalue weighted by Gasteiger charge is 2.30. The lowest BCUT2D eigenvalue weighted by Crippen LogP contribution is -2.13. The van der Waals surface area contributed by atoms with Crippen molar-refractivity contribution in [1.82, 2.24) is 10.2 Å². The zero-order valence-corrected chi connectivity index (χ0v) is 12.7. The van der Waals surface area contributed by atoms with Crippen LogP contribution in [0.3, 0.4) is 0 Å². The van der Waals surface area contributed by atoms with Gasteiger partial charge in [0.2, 0.25) is 5.89 Å². The minimum Gasteiger partial charge on any atom is -0.407 e. The molecule has 3 rings (SSSR count). The van der Waals surface area contributed by atoms with Gasteiger partial charge in [0, 0.05) is 11.8 Å². The zero-order valence-electron chi connectivity index (χ0n) is 11.1. The summed E-state index contributed by atoms with van der Waals surface area (Å²) in [5, 5.41) is 7.55. The van der Waals surface area contributed by atoms with E-state index >= 15 is 0 Å². The number of alkyl halides is 1. The first-order valence-electron chi connectivity index (χ1n) is 6.59. The number of hydrogen-bond acceptors (Lipinski definition) is 5. The molecule has 112 valence electrons. The number of aryl methyl sites for hydroxylation is 1. The average Bonchev–Trinajstić information content (AvgIpc) is 3.21. The predicted octanol–water partition coefficient (Wildman–Crippen LogP) is 2.53. The molecule has 0 saturated heterocycles. The van der Waals surface area contributed by atoms with Gasteiger partial charge in [-0.1, -0.05) is 17.2 Å². The number of rotatable bonds is 6. The lowest BCUT2D eigenvalue weighted by molar-refractivity contribution is 0.510. The van der Waals surface area contributed by atoms with E-state index in [1.165, 1.54) is 12.1 Å². The number of anilines is 1. The van der Waals surface area contributed by atoms with Crippen LogP contribution >= 0.6 is 11.6 Å². The molecule has 0 radical (unpaired) electrons. The van der Waals surface area contributed by atoms with Crippen LogP contribution in [0.4, 0.5) is 6.01 Å². The summed E-state index contributed by atoms with van der Waals surface area (Å²) in [5.41, 5.74) is 0.984. The van der Waals surface area contributed by atoms with Crippen LogP contribution in [0.25, 0.3) is 0 Å². The van der Waals surface area contributed by atoms with E-state index in [2.05, 4.69) is 14.9 Å². The third-order valence-corrected chi connectivity index (χ3v) is 4.73. The van der Waals surface area contributed by atoms with Crippen LogP contribution in [0, 0.1) is 0 Å². The van der Waals surface area contributed by atoms with E-state index in [1.54, 1.807) is 12.1 Å². The Hall–Kier alpha value is -1.60. The van der Waals surface area contributed by atoms with Crippen molar-refractivity contribution in [3.8, 4) is 0 Å². The Morgan fingerprint density at radius 3 is 2.57 bits per heavy atom. The Bertz CT molecular complexity index is 723. The first kappa shape index (κ1) is 14.3. The van der Waals surface area contributed by atoms with Crippen molar-refractivity contribution in [2.75, 3.05) is 10.6 Å². The van der Waals surface area contributed by atoms with Crippen LogP contribution in [0.15, 0.2) is 33.6 Å². The van der Waals surface area contributed by atoms with Crippen LogP contribution < -0.4 is 4.72 Å². The highest BCUT2D eigenvalue weighted by atomic mass is 35.5. The van der Waals surface area contributed by atoms with Crippen molar-refractivity contribution in [3.63, 3.8) is 0 Å². The minimum absolute atomic E-state index is 0.0956. The second kappa shape index (κ2) is 5.65. The predicted molar refractivity (Wildman–Crippen MR) is 77.9 cm³/mol. The van der Waals surface area contributed by atoms with Gasteiger partial charge in [0.05, 0.1) is 4.90 Å². The molecule has 6 nitrogen and oxygen atoms in total. The van der Waals surface area contributed by atoms with E-state index in [0.29, 0.717) is 18.2 Å². The largest absolute Gasteiger partial charge is 0.407 e. The van der Waals surface area contributed by atoms with Gasteiger partial charge in [0.15, 0.2) is 0 Å². The Morgan fingerprint density at radius 2 is 1.95 bits per heavy atom. The first-order valence-corrected chi connectivity index (χ1v) is 8.61. The molecule has 0 atom stereocenters. The van der Waals surface area contributed by atoms with Crippen LogP contribution in [0.1, 0.15) is 30.2 Å². The van der Waals surface area contributed by atoms with Gasteiger partial charge in [-0.25, -0.2) is 13.1 Å². The molecular formula is C13H14ClN3O3S. The third kappa shape index (κ3) is 3.36. The van der Waals surface area contributed by atoms with E-state index in [9.17, 15) is 8.42 Å². The molecule has 0 amide bonds. The summed E-state index contributed by atoms with van der Waals surface area (Å²) >= 11 is 5.65. The monoisotopic (exact) mass is 327 g/mol. The van der Waals surface area contributed by atoms with Crippen molar-refractivity contribution in [1.29, 1.82) is 0 Å².